The van der Waals surface area contributed by atoms with Gasteiger partial charge in [0, 0.05) is 32.7 Å². The van der Waals surface area contributed by atoms with Crippen molar-refractivity contribution >= 4 is 60.3 Å². The zero-order chi connectivity index (χ0) is 43.6. The largest absolute Gasteiger partial charge is 0.309 e. The maximum Gasteiger partial charge on any atom is 0.101 e. The van der Waals surface area contributed by atoms with Gasteiger partial charge in [0.2, 0.25) is 0 Å². The van der Waals surface area contributed by atoms with E-state index in [0.29, 0.717) is 0 Å². The molecule has 0 saturated heterocycles. The van der Waals surface area contributed by atoms with Gasteiger partial charge in [0.25, 0.3) is 0 Å². The van der Waals surface area contributed by atoms with Crippen molar-refractivity contribution in [1.82, 2.24) is 4.57 Å². The van der Waals surface area contributed by atoms with Gasteiger partial charge in [-0.15, -0.1) is 11.3 Å². The summed E-state index contributed by atoms with van der Waals surface area (Å²) in [4.78, 5) is 3.63. The van der Waals surface area contributed by atoms with Crippen LogP contribution in [0.25, 0.3) is 71.0 Å². The van der Waals surface area contributed by atoms with Gasteiger partial charge in [0.05, 0.1) is 16.4 Å². The van der Waals surface area contributed by atoms with Gasteiger partial charge in [0.15, 0.2) is 0 Å². The number of hydrogen-bond acceptors (Lipinski definition) is 2. The summed E-state index contributed by atoms with van der Waals surface area (Å²) in [6.07, 6.45) is 0. The van der Waals surface area contributed by atoms with Crippen LogP contribution in [0.15, 0.2) is 255 Å². The molecule has 12 aromatic rings. The lowest BCUT2D eigenvalue weighted by Gasteiger charge is -2.34. The van der Waals surface area contributed by atoms with Gasteiger partial charge in [-0.05, 0) is 134 Å². The van der Waals surface area contributed by atoms with Crippen LogP contribution >= 0.6 is 11.3 Å². The Labute approximate surface area is 388 Å². The molecule has 0 amide bonds. The summed E-state index contributed by atoms with van der Waals surface area (Å²) in [6, 6.07) is 93.7. The number of nitrogens with zero attached hydrogens (tertiary/aromatic N) is 2. The van der Waals surface area contributed by atoms with E-state index in [4.69, 9.17) is 0 Å². The summed E-state index contributed by atoms with van der Waals surface area (Å²) < 4.78 is 2.47. The van der Waals surface area contributed by atoms with Crippen LogP contribution in [-0.2, 0) is 5.41 Å². The molecule has 0 aliphatic heterocycles. The molecule has 2 aromatic heterocycles. The molecule has 1 aliphatic carbocycles. The van der Waals surface area contributed by atoms with Crippen molar-refractivity contribution < 1.29 is 0 Å². The third-order valence-electron chi connectivity index (χ3n) is 13.7. The minimum atomic E-state index is -0.469. The Hall–Kier alpha value is -8.24. The van der Waals surface area contributed by atoms with Crippen LogP contribution in [0.2, 0.25) is 0 Å². The highest BCUT2D eigenvalue weighted by atomic mass is 32.1. The molecular weight excluding hydrogens is 817 g/mol. The predicted octanol–water partition coefficient (Wildman–Crippen LogP) is 17.2. The number of para-hydroxylation sites is 2. The summed E-state index contributed by atoms with van der Waals surface area (Å²) in [5.41, 5.74) is 16.7. The highest BCUT2D eigenvalue weighted by Crippen LogP contribution is 2.56. The van der Waals surface area contributed by atoms with Gasteiger partial charge in [-0.25, -0.2) is 0 Å². The number of rotatable bonds is 8. The molecule has 66 heavy (non-hydrogen) atoms. The molecule has 1 aliphatic rings. The molecule has 0 saturated carbocycles. The predicted molar refractivity (Wildman–Crippen MR) is 279 cm³/mol. The van der Waals surface area contributed by atoms with Crippen LogP contribution in [0.3, 0.4) is 0 Å². The Morgan fingerprint density at radius 3 is 1.76 bits per heavy atom. The third kappa shape index (κ3) is 6.01. The highest BCUT2D eigenvalue weighted by Gasteiger charge is 2.46. The second kappa shape index (κ2) is 15.5. The molecule has 0 bridgehead atoms. The first-order valence-corrected chi connectivity index (χ1v) is 23.5. The number of hydrogen-bond donors (Lipinski definition) is 0. The van der Waals surface area contributed by atoms with Gasteiger partial charge >= 0.3 is 0 Å². The molecule has 310 valence electrons. The van der Waals surface area contributed by atoms with E-state index in [9.17, 15) is 0 Å². The molecule has 3 heteroatoms. The normalized spacial score (nSPS) is 12.7. The van der Waals surface area contributed by atoms with Gasteiger partial charge in [-0.1, -0.05) is 182 Å². The van der Waals surface area contributed by atoms with E-state index in [1.807, 2.05) is 11.3 Å². The van der Waals surface area contributed by atoms with E-state index < -0.39 is 5.41 Å². The smallest absolute Gasteiger partial charge is 0.101 e. The van der Waals surface area contributed by atoms with E-state index in [1.165, 1.54) is 92.5 Å². The second-order valence-electron chi connectivity index (χ2n) is 17.3. The van der Waals surface area contributed by atoms with Crippen LogP contribution in [0, 0.1) is 0 Å². The first-order valence-electron chi connectivity index (χ1n) is 22.7. The molecule has 10 aromatic carbocycles. The molecule has 0 atom stereocenters. The molecule has 0 N–H and O–H groups in total. The highest BCUT2D eigenvalue weighted by molar-refractivity contribution is 7.19. The van der Waals surface area contributed by atoms with Crippen molar-refractivity contribution in [1.29, 1.82) is 0 Å². The fourth-order valence-electron chi connectivity index (χ4n) is 10.7. The average molecular weight is 859 g/mol. The van der Waals surface area contributed by atoms with E-state index in [0.717, 1.165) is 17.1 Å². The topological polar surface area (TPSA) is 8.17 Å². The molecule has 2 heterocycles. The zero-order valence-corrected chi connectivity index (χ0v) is 36.9. The van der Waals surface area contributed by atoms with Gasteiger partial charge in [-0.3, -0.25) is 0 Å². The van der Waals surface area contributed by atoms with Crippen molar-refractivity contribution in [3.63, 3.8) is 0 Å². The van der Waals surface area contributed by atoms with E-state index in [-0.39, 0.29) is 0 Å². The summed E-state index contributed by atoms with van der Waals surface area (Å²) in [7, 11) is 0. The standard InChI is InChI=1S/C63H42N2S/c1-5-17-43(18-6-1)61-37-38-62(66-61)64(50-23-11-4-12-24-50)51-33-31-45-39-44(29-30-46(45)40-51)47-32-36-60-56(41-47)55-26-14-16-28-59(55)65(60)52-34-35-54-53-25-13-15-27-57(53)63(58(54)42-52,48-19-7-2-8-20-48)49-21-9-3-10-22-49/h1-42H. The molecule has 0 fully saturated rings. The summed E-state index contributed by atoms with van der Waals surface area (Å²) >= 11 is 1.82. The maximum atomic E-state index is 2.47. The number of benzene rings is 10. The van der Waals surface area contributed by atoms with Crippen LogP contribution in [0.4, 0.5) is 16.4 Å². The van der Waals surface area contributed by atoms with E-state index in [1.54, 1.807) is 0 Å². The minimum Gasteiger partial charge on any atom is -0.309 e. The Kier molecular flexibility index (Phi) is 8.97. The van der Waals surface area contributed by atoms with Crippen molar-refractivity contribution in [2.24, 2.45) is 0 Å². The zero-order valence-electron chi connectivity index (χ0n) is 36.1. The monoisotopic (exact) mass is 858 g/mol. The fraction of sp³-hybridized carbons (Fsp3) is 0.0159. The molecule has 0 unspecified atom stereocenters. The Bertz CT molecular complexity index is 3720. The van der Waals surface area contributed by atoms with Crippen molar-refractivity contribution in [2.45, 2.75) is 5.41 Å². The maximum absolute atomic E-state index is 2.47. The van der Waals surface area contributed by atoms with Crippen LogP contribution < -0.4 is 4.90 Å². The summed E-state index contributed by atoms with van der Waals surface area (Å²) in [5, 5.41) is 6.08. The lowest BCUT2D eigenvalue weighted by Crippen LogP contribution is -2.28. The Morgan fingerprint density at radius 2 is 0.970 bits per heavy atom. The van der Waals surface area contributed by atoms with Crippen molar-refractivity contribution in [3.05, 3.63) is 277 Å². The molecule has 0 spiro atoms. The summed E-state index contributed by atoms with van der Waals surface area (Å²) in [5.74, 6) is 0. The van der Waals surface area contributed by atoms with Gasteiger partial charge < -0.3 is 9.47 Å². The fourth-order valence-corrected chi connectivity index (χ4v) is 11.8. The number of thiophene rings is 1. The third-order valence-corrected chi connectivity index (χ3v) is 14.8. The van der Waals surface area contributed by atoms with Crippen molar-refractivity contribution in [3.8, 4) is 38.4 Å². The summed E-state index contributed by atoms with van der Waals surface area (Å²) in [6.45, 7) is 0. The Morgan fingerprint density at radius 1 is 0.364 bits per heavy atom. The average Bonchev–Trinajstić information content (AvgIpc) is 4.09. The van der Waals surface area contributed by atoms with Crippen LogP contribution in [0.1, 0.15) is 22.3 Å². The lowest BCUT2D eigenvalue weighted by molar-refractivity contribution is 0.767. The second-order valence-corrected chi connectivity index (χ2v) is 18.3. The quantitative estimate of drug-likeness (QED) is 0.148. The van der Waals surface area contributed by atoms with E-state index in [2.05, 4.69) is 264 Å². The van der Waals surface area contributed by atoms with E-state index >= 15 is 0 Å². The first-order chi connectivity index (χ1) is 32.7. The molecule has 13 rings (SSSR count). The first kappa shape index (κ1) is 38.2. The lowest BCUT2D eigenvalue weighted by atomic mass is 9.67. The molecule has 0 radical (unpaired) electrons. The van der Waals surface area contributed by atoms with Gasteiger partial charge in [-0.2, -0.15) is 0 Å². The van der Waals surface area contributed by atoms with Crippen LogP contribution in [-0.4, -0.2) is 4.57 Å². The number of fused-ring (bicyclic) bond motifs is 7. The number of aromatic nitrogens is 1. The van der Waals surface area contributed by atoms with Crippen molar-refractivity contribution in [2.75, 3.05) is 4.90 Å². The van der Waals surface area contributed by atoms with Gasteiger partial charge in [0.1, 0.15) is 5.00 Å². The SMILES string of the molecule is c1ccc(-c2ccc(N(c3ccccc3)c3ccc4cc(-c5ccc6c(c5)c5ccccc5n6-c5ccc6c(c5)C(c5ccccc5)(c5ccccc5)c5ccccc5-6)ccc4c3)s2)cc1. The minimum absolute atomic E-state index is 0.469. The Balaban J connectivity index is 0.911. The molecule has 2 nitrogen and oxygen atoms in total. The number of anilines is 3. The van der Waals surface area contributed by atoms with Crippen LogP contribution in [0.5, 0.6) is 0 Å². The molecular formula is C63H42N2S.